The maximum absolute atomic E-state index is 5.53. The molecule has 1 aliphatic heterocycles. The van der Waals surface area contributed by atoms with Gasteiger partial charge >= 0.3 is 0 Å². The van der Waals surface area contributed by atoms with Crippen molar-refractivity contribution < 1.29 is 9.47 Å². The van der Waals surface area contributed by atoms with E-state index in [0.29, 0.717) is 11.9 Å². The van der Waals surface area contributed by atoms with Gasteiger partial charge in [-0.15, -0.1) is 0 Å². The van der Waals surface area contributed by atoms with Gasteiger partial charge in [-0.25, -0.2) is 4.98 Å². The minimum atomic E-state index is 0.350. The molecule has 0 aromatic carbocycles. The zero-order chi connectivity index (χ0) is 16.1. The van der Waals surface area contributed by atoms with Gasteiger partial charge in [0.05, 0.1) is 18.8 Å². The van der Waals surface area contributed by atoms with Gasteiger partial charge in [-0.3, -0.25) is 9.58 Å². The molecule has 124 valence electrons. The van der Waals surface area contributed by atoms with Crippen LogP contribution >= 0.6 is 0 Å². The van der Waals surface area contributed by atoms with Crippen molar-refractivity contribution in [2.45, 2.75) is 32.5 Å². The topological polar surface area (TPSA) is 52.4 Å². The van der Waals surface area contributed by atoms with Crippen LogP contribution in [-0.2, 0) is 17.8 Å². The number of pyridine rings is 1. The summed E-state index contributed by atoms with van der Waals surface area (Å²) < 4.78 is 13.0. The molecule has 6 nitrogen and oxygen atoms in total. The molecule has 0 saturated heterocycles. The van der Waals surface area contributed by atoms with Crippen molar-refractivity contribution >= 4 is 0 Å². The first-order chi connectivity index (χ1) is 11.3. The average Bonchev–Trinajstić information content (AvgIpc) is 3.04. The molecule has 23 heavy (non-hydrogen) atoms. The first kappa shape index (κ1) is 16.0. The van der Waals surface area contributed by atoms with Gasteiger partial charge in [0.15, 0.2) is 0 Å². The number of fused-ring (bicyclic) bond motifs is 1. The summed E-state index contributed by atoms with van der Waals surface area (Å²) in [7, 11) is 1.67. The van der Waals surface area contributed by atoms with Gasteiger partial charge in [-0.2, -0.15) is 5.10 Å². The summed E-state index contributed by atoms with van der Waals surface area (Å²) in [5.74, 6) is 0.706. The van der Waals surface area contributed by atoms with E-state index in [1.807, 2.05) is 19.2 Å². The van der Waals surface area contributed by atoms with Crippen LogP contribution in [0.5, 0.6) is 5.88 Å². The molecule has 2 aromatic rings. The minimum absolute atomic E-state index is 0.350. The van der Waals surface area contributed by atoms with Crippen LogP contribution in [0.15, 0.2) is 30.6 Å². The van der Waals surface area contributed by atoms with Crippen LogP contribution in [0.3, 0.4) is 0 Å². The molecule has 3 rings (SSSR count). The molecule has 0 saturated carbocycles. The lowest BCUT2D eigenvalue weighted by Gasteiger charge is -2.34. The molecule has 1 aliphatic rings. The summed E-state index contributed by atoms with van der Waals surface area (Å²) in [6.45, 7) is 6.23. The van der Waals surface area contributed by atoms with Crippen LogP contribution in [0.4, 0.5) is 0 Å². The molecule has 0 N–H and O–H groups in total. The third-order valence-corrected chi connectivity index (χ3v) is 4.19. The molecule has 1 atom stereocenters. The Morgan fingerprint density at radius 3 is 3.04 bits per heavy atom. The predicted octanol–water partition coefficient (Wildman–Crippen LogP) is 2.27. The minimum Gasteiger partial charge on any atom is -0.481 e. The number of ether oxygens (including phenoxy) is 2. The van der Waals surface area contributed by atoms with E-state index in [1.165, 1.54) is 5.69 Å². The van der Waals surface area contributed by atoms with E-state index in [2.05, 4.69) is 31.8 Å². The fourth-order valence-electron chi connectivity index (χ4n) is 3.13. The summed E-state index contributed by atoms with van der Waals surface area (Å²) in [4.78, 5) is 6.71. The van der Waals surface area contributed by atoms with Gasteiger partial charge in [0.2, 0.25) is 5.88 Å². The zero-order valence-electron chi connectivity index (χ0n) is 13.8. The summed E-state index contributed by atoms with van der Waals surface area (Å²) >= 11 is 0. The summed E-state index contributed by atoms with van der Waals surface area (Å²) in [5.41, 5.74) is 2.37. The Bertz CT molecular complexity index is 629. The van der Waals surface area contributed by atoms with Crippen molar-refractivity contribution in [3.05, 3.63) is 41.9 Å². The van der Waals surface area contributed by atoms with Gasteiger partial charge in [0, 0.05) is 50.8 Å². The fraction of sp³-hybridized carbons (Fsp3) is 0.529. The highest BCUT2D eigenvalue weighted by molar-refractivity contribution is 5.25. The number of nitrogens with zero attached hydrogens (tertiary/aromatic N) is 4. The lowest BCUT2D eigenvalue weighted by atomic mass is 10.1. The zero-order valence-corrected chi connectivity index (χ0v) is 13.8. The van der Waals surface area contributed by atoms with E-state index in [0.717, 1.165) is 44.8 Å². The van der Waals surface area contributed by atoms with Crippen molar-refractivity contribution in [2.24, 2.45) is 0 Å². The quantitative estimate of drug-likeness (QED) is 0.734. The number of aromatic nitrogens is 3. The van der Waals surface area contributed by atoms with Crippen molar-refractivity contribution in [3.8, 4) is 5.88 Å². The Kier molecular flexibility index (Phi) is 5.25. The average molecular weight is 316 g/mol. The lowest BCUT2D eigenvalue weighted by molar-refractivity contribution is 0.103. The second-order valence-electron chi connectivity index (χ2n) is 5.75. The van der Waals surface area contributed by atoms with Crippen LogP contribution in [0, 0.1) is 0 Å². The van der Waals surface area contributed by atoms with Crippen molar-refractivity contribution in [1.29, 1.82) is 0 Å². The van der Waals surface area contributed by atoms with E-state index in [-0.39, 0.29) is 0 Å². The van der Waals surface area contributed by atoms with E-state index in [1.54, 1.807) is 13.3 Å². The third-order valence-electron chi connectivity index (χ3n) is 4.19. The number of rotatable bonds is 7. The van der Waals surface area contributed by atoms with Gasteiger partial charge in [-0.1, -0.05) is 6.07 Å². The lowest BCUT2D eigenvalue weighted by Crippen LogP contribution is -2.37. The third kappa shape index (κ3) is 3.71. The Balaban J connectivity index is 1.72. The second-order valence-corrected chi connectivity index (χ2v) is 5.75. The monoisotopic (exact) mass is 316 g/mol. The molecule has 0 bridgehead atoms. The Morgan fingerprint density at radius 2 is 2.22 bits per heavy atom. The first-order valence-corrected chi connectivity index (χ1v) is 8.12. The molecule has 0 spiro atoms. The number of methoxy groups -OCH3 is 1. The van der Waals surface area contributed by atoms with Crippen molar-refractivity contribution in [2.75, 3.05) is 26.9 Å². The molecule has 2 aromatic heterocycles. The summed E-state index contributed by atoms with van der Waals surface area (Å²) in [6, 6.07) is 6.48. The fourth-order valence-corrected chi connectivity index (χ4v) is 3.13. The van der Waals surface area contributed by atoms with Gasteiger partial charge < -0.3 is 9.47 Å². The Morgan fingerprint density at radius 1 is 1.30 bits per heavy atom. The van der Waals surface area contributed by atoms with Gasteiger partial charge in [0.25, 0.3) is 0 Å². The summed E-state index contributed by atoms with van der Waals surface area (Å²) in [5, 5.41) is 4.49. The molecule has 3 heterocycles. The molecule has 1 unspecified atom stereocenters. The normalized spacial score (nSPS) is 17.9. The van der Waals surface area contributed by atoms with Crippen LogP contribution in [0.1, 0.15) is 30.6 Å². The highest BCUT2D eigenvalue weighted by Gasteiger charge is 2.26. The van der Waals surface area contributed by atoms with Gasteiger partial charge in [-0.05, 0) is 25.5 Å². The predicted molar refractivity (Wildman–Crippen MR) is 87.3 cm³/mol. The van der Waals surface area contributed by atoms with Crippen LogP contribution in [-0.4, -0.2) is 46.5 Å². The van der Waals surface area contributed by atoms with E-state index in [4.69, 9.17) is 9.47 Å². The molecule has 0 fully saturated rings. The maximum Gasteiger partial charge on any atom is 0.217 e. The smallest absolute Gasteiger partial charge is 0.217 e. The van der Waals surface area contributed by atoms with Gasteiger partial charge in [0.1, 0.15) is 0 Å². The van der Waals surface area contributed by atoms with Crippen molar-refractivity contribution in [1.82, 2.24) is 19.7 Å². The standard InChI is InChI=1S/C17H24N4O2/c1-3-23-10-7-16-13-20(12-15-6-9-19-21(15)16)11-14-5-4-8-18-17(14)22-2/h4-6,8-9,16H,3,7,10-13H2,1-2H3. The number of hydrogen-bond acceptors (Lipinski definition) is 5. The summed E-state index contributed by atoms with van der Waals surface area (Å²) in [6.07, 6.45) is 4.62. The molecule has 0 aliphatic carbocycles. The van der Waals surface area contributed by atoms with E-state index in [9.17, 15) is 0 Å². The molecular weight excluding hydrogens is 292 g/mol. The SMILES string of the molecule is CCOCCC1CN(Cc2cccnc2OC)Cc2ccnn21. The second kappa shape index (κ2) is 7.57. The first-order valence-electron chi connectivity index (χ1n) is 8.12. The molecule has 0 radical (unpaired) electrons. The molecular formula is C17H24N4O2. The van der Waals surface area contributed by atoms with Crippen LogP contribution < -0.4 is 4.74 Å². The van der Waals surface area contributed by atoms with Crippen LogP contribution in [0.2, 0.25) is 0 Å². The Hall–Kier alpha value is -1.92. The van der Waals surface area contributed by atoms with E-state index < -0.39 is 0 Å². The Labute approximate surface area is 137 Å². The highest BCUT2D eigenvalue weighted by atomic mass is 16.5. The molecule has 0 amide bonds. The largest absolute Gasteiger partial charge is 0.481 e. The maximum atomic E-state index is 5.53. The van der Waals surface area contributed by atoms with E-state index >= 15 is 0 Å². The van der Waals surface area contributed by atoms with Crippen molar-refractivity contribution in [3.63, 3.8) is 0 Å². The number of hydrogen-bond donors (Lipinski definition) is 0. The molecule has 6 heteroatoms. The highest BCUT2D eigenvalue weighted by Crippen LogP contribution is 2.26. The van der Waals surface area contributed by atoms with Crippen LogP contribution in [0.25, 0.3) is 0 Å².